The first kappa shape index (κ1) is 19.0. The fraction of sp³-hybridized carbons (Fsp3) is 0.429. The number of fused-ring (bicyclic) bond motifs is 1. The number of rotatable bonds is 3. The Hall–Kier alpha value is -2.30. The molecule has 1 atom stereocenters. The van der Waals surface area contributed by atoms with E-state index in [0.717, 1.165) is 10.6 Å². The van der Waals surface area contributed by atoms with Gasteiger partial charge in [-0.2, -0.15) is 26.3 Å². The van der Waals surface area contributed by atoms with Crippen LogP contribution in [-0.4, -0.2) is 26.3 Å². The van der Waals surface area contributed by atoms with Gasteiger partial charge in [-0.3, -0.25) is 13.9 Å². The van der Waals surface area contributed by atoms with E-state index >= 15 is 0 Å². The first-order valence-electron chi connectivity index (χ1n) is 6.87. The molecule has 0 spiro atoms. The summed E-state index contributed by atoms with van der Waals surface area (Å²) in [6.45, 7) is 1.31. The van der Waals surface area contributed by atoms with Crippen molar-refractivity contribution >= 4 is 10.9 Å². The highest BCUT2D eigenvalue weighted by Crippen LogP contribution is 2.49. The van der Waals surface area contributed by atoms with Gasteiger partial charge in [0.2, 0.25) is 0 Å². The fourth-order valence-corrected chi connectivity index (χ4v) is 2.36. The van der Waals surface area contributed by atoms with Crippen LogP contribution in [0.25, 0.3) is 10.9 Å². The summed E-state index contributed by atoms with van der Waals surface area (Å²) in [6.07, 6.45) is -6.27. The average Bonchev–Trinajstić information content (AvgIpc) is 2.51. The lowest BCUT2D eigenvalue weighted by Gasteiger charge is -2.30. The van der Waals surface area contributed by atoms with Crippen LogP contribution in [0.2, 0.25) is 0 Å². The van der Waals surface area contributed by atoms with Crippen molar-refractivity contribution in [3.63, 3.8) is 0 Å². The van der Waals surface area contributed by atoms with Crippen LogP contribution in [0.5, 0.6) is 0 Å². The standard InChI is InChI=1S/C14H12F6N2O3/c1-3-22-10(23)8-6-7(4-5-9(8)21(2)11(22)24)12(15,16)13(17,25)14(18,19)20/h4-6,25H,3H2,1-2H3. The van der Waals surface area contributed by atoms with Crippen LogP contribution in [0.3, 0.4) is 0 Å². The van der Waals surface area contributed by atoms with Crippen LogP contribution < -0.4 is 11.2 Å². The van der Waals surface area contributed by atoms with Gasteiger partial charge in [-0.25, -0.2) is 4.79 Å². The molecule has 138 valence electrons. The van der Waals surface area contributed by atoms with Crippen LogP contribution in [0.15, 0.2) is 27.8 Å². The van der Waals surface area contributed by atoms with Crippen molar-refractivity contribution in [3.8, 4) is 0 Å². The summed E-state index contributed by atoms with van der Waals surface area (Å²) in [5.74, 6) is -11.2. The number of hydrogen-bond donors (Lipinski definition) is 1. The number of nitrogens with zero attached hydrogens (tertiary/aromatic N) is 2. The first-order chi connectivity index (χ1) is 11.3. The molecule has 0 aliphatic rings. The van der Waals surface area contributed by atoms with Crippen molar-refractivity contribution in [1.82, 2.24) is 9.13 Å². The van der Waals surface area contributed by atoms with Gasteiger partial charge in [0.25, 0.3) is 5.56 Å². The zero-order chi connectivity index (χ0) is 19.4. The Morgan fingerprint density at radius 2 is 1.64 bits per heavy atom. The van der Waals surface area contributed by atoms with Crippen molar-refractivity contribution in [2.75, 3.05) is 0 Å². The van der Waals surface area contributed by atoms with Crippen molar-refractivity contribution in [3.05, 3.63) is 44.6 Å². The minimum absolute atomic E-state index is 0.113. The second kappa shape index (κ2) is 5.61. The Balaban J connectivity index is 2.83. The highest BCUT2D eigenvalue weighted by atomic mass is 19.4. The Labute approximate surface area is 135 Å². The van der Waals surface area contributed by atoms with Gasteiger partial charge in [0.1, 0.15) is 0 Å². The second-order valence-electron chi connectivity index (χ2n) is 5.32. The molecule has 1 heterocycles. The summed E-state index contributed by atoms with van der Waals surface area (Å²) in [7, 11) is 1.23. The zero-order valence-corrected chi connectivity index (χ0v) is 12.9. The Bertz CT molecular complexity index is 942. The molecular formula is C14H12F6N2O3. The lowest BCUT2D eigenvalue weighted by molar-refractivity contribution is -0.390. The molecule has 1 aromatic heterocycles. The predicted molar refractivity (Wildman–Crippen MR) is 75.1 cm³/mol. The summed E-state index contributed by atoms with van der Waals surface area (Å²) in [5, 5.41) is 8.18. The number of aliphatic hydroxyl groups is 1. The Kier molecular flexibility index (Phi) is 4.27. The molecular weight excluding hydrogens is 358 g/mol. The monoisotopic (exact) mass is 370 g/mol. The van der Waals surface area contributed by atoms with Crippen molar-refractivity contribution in [1.29, 1.82) is 0 Å². The molecule has 0 aliphatic carbocycles. The molecule has 1 unspecified atom stereocenters. The van der Waals surface area contributed by atoms with Gasteiger partial charge in [0.05, 0.1) is 10.9 Å². The molecule has 2 rings (SSSR count). The lowest BCUT2D eigenvalue weighted by Crippen LogP contribution is -2.53. The van der Waals surface area contributed by atoms with Gasteiger partial charge in [0.15, 0.2) is 0 Å². The van der Waals surface area contributed by atoms with Crippen LogP contribution in [0.4, 0.5) is 26.3 Å². The number of benzene rings is 1. The molecule has 11 heteroatoms. The van der Waals surface area contributed by atoms with Crippen LogP contribution >= 0.6 is 0 Å². The SMILES string of the molecule is CCn1c(=O)c2cc(C(F)(F)C(O)(F)C(F)(F)F)ccc2n(C)c1=O. The molecule has 1 aromatic carbocycles. The molecule has 0 saturated carbocycles. The normalized spacial score (nSPS) is 15.4. The summed E-state index contributed by atoms with van der Waals surface area (Å²) >= 11 is 0. The smallest absolute Gasteiger partial charge is 0.350 e. The molecule has 0 radical (unpaired) electrons. The van der Waals surface area contributed by atoms with Gasteiger partial charge in [-0.15, -0.1) is 0 Å². The van der Waals surface area contributed by atoms with Gasteiger partial charge in [0, 0.05) is 19.2 Å². The molecule has 2 aromatic rings. The highest BCUT2D eigenvalue weighted by Gasteiger charge is 2.71. The third kappa shape index (κ3) is 2.62. The number of aromatic nitrogens is 2. The van der Waals surface area contributed by atoms with E-state index in [1.165, 1.54) is 14.0 Å². The summed E-state index contributed by atoms with van der Waals surface area (Å²) in [6, 6.07) is 1.53. The molecule has 0 fully saturated rings. The minimum atomic E-state index is -6.27. The van der Waals surface area contributed by atoms with Crippen LogP contribution in [0, 0.1) is 0 Å². The molecule has 1 N–H and O–H groups in total. The number of halogens is 6. The van der Waals surface area contributed by atoms with Gasteiger partial charge in [-0.05, 0) is 19.1 Å². The van der Waals surface area contributed by atoms with E-state index in [0.29, 0.717) is 16.7 Å². The Morgan fingerprint density at radius 3 is 2.12 bits per heavy atom. The molecule has 0 bridgehead atoms. The third-order valence-corrected chi connectivity index (χ3v) is 3.82. The van der Waals surface area contributed by atoms with E-state index in [-0.39, 0.29) is 12.1 Å². The lowest BCUT2D eigenvalue weighted by atomic mass is 9.99. The molecule has 5 nitrogen and oxygen atoms in total. The molecule has 0 amide bonds. The third-order valence-electron chi connectivity index (χ3n) is 3.82. The van der Waals surface area contributed by atoms with E-state index in [2.05, 4.69) is 0 Å². The Morgan fingerprint density at radius 1 is 1.08 bits per heavy atom. The number of hydrogen-bond acceptors (Lipinski definition) is 3. The summed E-state index contributed by atoms with van der Waals surface area (Å²) in [5.41, 5.74) is -3.46. The summed E-state index contributed by atoms with van der Waals surface area (Å²) in [4.78, 5) is 24.1. The topological polar surface area (TPSA) is 64.2 Å². The van der Waals surface area contributed by atoms with Crippen LogP contribution in [-0.2, 0) is 19.5 Å². The zero-order valence-electron chi connectivity index (χ0n) is 12.9. The van der Waals surface area contributed by atoms with E-state index in [4.69, 9.17) is 5.11 Å². The van der Waals surface area contributed by atoms with Crippen molar-refractivity contribution in [2.45, 2.75) is 31.4 Å². The minimum Gasteiger partial charge on any atom is -0.350 e. The number of alkyl halides is 6. The maximum Gasteiger partial charge on any atom is 0.455 e. The highest BCUT2D eigenvalue weighted by molar-refractivity contribution is 5.79. The van der Waals surface area contributed by atoms with E-state index in [1.54, 1.807) is 0 Å². The van der Waals surface area contributed by atoms with Crippen molar-refractivity contribution < 1.29 is 31.4 Å². The summed E-state index contributed by atoms with van der Waals surface area (Å²) < 4.78 is 80.1. The predicted octanol–water partition coefficient (Wildman–Crippen LogP) is 2.03. The van der Waals surface area contributed by atoms with Crippen molar-refractivity contribution in [2.24, 2.45) is 7.05 Å². The van der Waals surface area contributed by atoms with Gasteiger partial charge in [-0.1, -0.05) is 6.07 Å². The van der Waals surface area contributed by atoms with E-state index in [1.807, 2.05) is 0 Å². The number of aryl methyl sites for hydroxylation is 1. The van der Waals surface area contributed by atoms with Crippen LogP contribution in [0.1, 0.15) is 12.5 Å². The maximum atomic E-state index is 13.9. The molecule has 0 aliphatic heterocycles. The maximum absolute atomic E-state index is 13.9. The van der Waals surface area contributed by atoms with Gasteiger partial charge >= 0.3 is 23.6 Å². The van der Waals surface area contributed by atoms with Gasteiger partial charge < -0.3 is 5.11 Å². The second-order valence-corrected chi connectivity index (χ2v) is 5.32. The molecule has 25 heavy (non-hydrogen) atoms. The van der Waals surface area contributed by atoms with E-state index in [9.17, 15) is 35.9 Å². The fourth-order valence-electron chi connectivity index (χ4n) is 2.36. The van der Waals surface area contributed by atoms with E-state index < -0.39 is 40.2 Å². The largest absolute Gasteiger partial charge is 0.455 e. The average molecular weight is 370 g/mol. The molecule has 0 saturated heterocycles. The quantitative estimate of drug-likeness (QED) is 0.841. The first-order valence-corrected chi connectivity index (χ1v) is 6.87.